The SMILES string of the molecule is CCOC(C)(C)CCNC(=O)C#CC(=O)NCCOCCOCCOCCC(=O)NC(C)C. The molecule has 0 aliphatic rings. The van der Waals surface area contributed by atoms with Crippen molar-refractivity contribution in [3.63, 3.8) is 0 Å². The molecule has 3 N–H and O–H groups in total. The molecule has 0 saturated carbocycles. The van der Waals surface area contributed by atoms with E-state index in [1.165, 1.54) is 0 Å². The van der Waals surface area contributed by atoms with Crippen molar-refractivity contribution in [2.75, 3.05) is 59.3 Å². The molecule has 10 nitrogen and oxygen atoms in total. The number of rotatable bonds is 18. The summed E-state index contributed by atoms with van der Waals surface area (Å²) < 4.78 is 21.6. The lowest BCUT2D eigenvalue weighted by Crippen LogP contribution is -2.32. The summed E-state index contributed by atoms with van der Waals surface area (Å²) in [6.45, 7) is 13.2. The largest absolute Gasteiger partial charge is 0.379 e. The van der Waals surface area contributed by atoms with Gasteiger partial charge in [0.1, 0.15) is 0 Å². The van der Waals surface area contributed by atoms with Gasteiger partial charge in [-0.25, -0.2) is 0 Å². The number of hydrogen-bond donors (Lipinski definition) is 3. The van der Waals surface area contributed by atoms with E-state index in [0.29, 0.717) is 65.6 Å². The first-order valence-corrected chi connectivity index (χ1v) is 11.4. The molecule has 190 valence electrons. The normalized spacial score (nSPS) is 11.0. The smallest absolute Gasteiger partial charge is 0.296 e. The van der Waals surface area contributed by atoms with Crippen LogP contribution in [0.4, 0.5) is 0 Å². The van der Waals surface area contributed by atoms with Gasteiger partial charge in [0.15, 0.2) is 0 Å². The number of amides is 3. The summed E-state index contributed by atoms with van der Waals surface area (Å²) in [4.78, 5) is 34.7. The first-order valence-electron chi connectivity index (χ1n) is 11.4. The van der Waals surface area contributed by atoms with Crippen LogP contribution in [-0.4, -0.2) is 88.7 Å². The van der Waals surface area contributed by atoms with Crippen LogP contribution in [0.2, 0.25) is 0 Å². The van der Waals surface area contributed by atoms with Gasteiger partial charge >= 0.3 is 0 Å². The number of hydrogen-bond acceptors (Lipinski definition) is 7. The third-order valence-corrected chi connectivity index (χ3v) is 4.04. The molecule has 0 heterocycles. The Balaban J connectivity index is 3.58. The highest BCUT2D eigenvalue weighted by molar-refractivity contribution is 6.02. The predicted octanol–water partition coefficient (Wildman–Crippen LogP) is 0.392. The molecular formula is C23H41N3O7. The standard InChI is InChI=1S/C23H41N3O7/c1-6-33-23(4,5)10-11-24-20(27)7-8-21(28)25-12-14-31-16-18-32-17-15-30-13-9-22(29)26-19(2)3/h19H,6,9-18H2,1-5H3,(H,24,27)(H,25,28)(H,26,29). The molecule has 0 bridgehead atoms. The van der Waals surface area contributed by atoms with Gasteiger partial charge in [-0.05, 0) is 41.0 Å². The van der Waals surface area contributed by atoms with Crippen molar-refractivity contribution in [1.29, 1.82) is 0 Å². The van der Waals surface area contributed by atoms with E-state index < -0.39 is 11.8 Å². The van der Waals surface area contributed by atoms with E-state index in [2.05, 4.69) is 27.8 Å². The van der Waals surface area contributed by atoms with Crippen molar-refractivity contribution < 1.29 is 33.3 Å². The zero-order chi connectivity index (χ0) is 25.0. The molecule has 0 radical (unpaired) electrons. The van der Waals surface area contributed by atoms with Crippen molar-refractivity contribution in [2.24, 2.45) is 0 Å². The van der Waals surface area contributed by atoms with Crippen LogP contribution in [0.25, 0.3) is 0 Å². The molecule has 0 aromatic carbocycles. The predicted molar refractivity (Wildman–Crippen MR) is 124 cm³/mol. The lowest BCUT2D eigenvalue weighted by Gasteiger charge is -2.24. The van der Waals surface area contributed by atoms with Gasteiger partial charge in [-0.3, -0.25) is 14.4 Å². The molecule has 3 amide bonds. The number of ether oxygens (including phenoxy) is 4. The molecule has 0 spiro atoms. The quantitative estimate of drug-likeness (QED) is 0.195. The Morgan fingerprint density at radius 3 is 1.88 bits per heavy atom. The van der Waals surface area contributed by atoms with Crippen molar-refractivity contribution in [1.82, 2.24) is 16.0 Å². The van der Waals surface area contributed by atoms with Gasteiger partial charge in [0.05, 0.1) is 45.2 Å². The molecule has 10 heteroatoms. The summed E-state index contributed by atoms with van der Waals surface area (Å²) in [5, 5.41) is 7.98. The van der Waals surface area contributed by atoms with E-state index in [1.807, 2.05) is 34.6 Å². The fourth-order valence-electron chi connectivity index (χ4n) is 2.48. The van der Waals surface area contributed by atoms with Crippen molar-refractivity contribution in [3.8, 4) is 11.8 Å². The maximum Gasteiger partial charge on any atom is 0.296 e. The van der Waals surface area contributed by atoms with Gasteiger partial charge in [-0.15, -0.1) is 0 Å². The van der Waals surface area contributed by atoms with Crippen LogP contribution in [0.15, 0.2) is 0 Å². The zero-order valence-corrected chi connectivity index (χ0v) is 20.7. The van der Waals surface area contributed by atoms with Crippen LogP contribution in [0, 0.1) is 11.8 Å². The summed E-state index contributed by atoms with van der Waals surface area (Å²) >= 11 is 0. The lowest BCUT2D eigenvalue weighted by atomic mass is 10.1. The second kappa shape index (κ2) is 19.3. The fraction of sp³-hybridized carbons (Fsp3) is 0.783. The van der Waals surface area contributed by atoms with Crippen LogP contribution in [0.3, 0.4) is 0 Å². The Morgan fingerprint density at radius 2 is 1.33 bits per heavy atom. The molecule has 0 rings (SSSR count). The highest BCUT2D eigenvalue weighted by Crippen LogP contribution is 2.12. The van der Waals surface area contributed by atoms with Crippen molar-refractivity contribution in [2.45, 2.75) is 59.1 Å². The van der Waals surface area contributed by atoms with Gasteiger partial charge in [0, 0.05) is 44.0 Å². The fourth-order valence-corrected chi connectivity index (χ4v) is 2.48. The van der Waals surface area contributed by atoms with Gasteiger partial charge in [0.2, 0.25) is 5.91 Å². The minimum absolute atomic E-state index is 0.0295. The maximum atomic E-state index is 11.6. The van der Waals surface area contributed by atoms with E-state index in [1.54, 1.807) is 0 Å². The van der Waals surface area contributed by atoms with Gasteiger partial charge in [-0.1, -0.05) is 0 Å². The summed E-state index contributed by atoms with van der Waals surface area (Å²) in [5.41, 5.74) is -0.321. The monoisotopic (exact) mass is 471 g/mol. The van der Waals surface area contributed by atoms with E-state index >= 15 is 0 Å². The minimum atomic E-state index is -0.543. The zero-order valence-electron chi connectivity index (χ0n) is 20.7. The molecular weight excluding hydrogens is 430 g/mol. The summed E-state index contributed by atoms with van der Waals surface area (Å²) in [7, 11) is 0. The summed E-state index contributed by atoms with van der Waals surface area (Å²) in [5.74, 6) is 3.42. The highest BCUT2D eigenvalue weighted by Gasteiger charge is 2.17. The van der Waals surface area contributed by atoms with E-state index in [4.69, 9.17) is 18.9 Å². The lowest BCUT2D eigenvalue weighted by molar-refractivity contribution is -0.123. The molecule has 0 aliphatic heterocycles. The second-order valence-corrected chi connectivity index (χ2v) is 8.01. The molecule has 0 fully saturated rings. The van der Waals surface area contributed by atoms with Crippen molar-refractivity contribution in [3.05, 3.63) is 0 Å². The number of nitrogens with one attached hydrogen (secondary N) is 3. The molecule has 0 unspecified atom stereocenters. The highest BCUT2D eigenvalue weighted by atomic mass is 16.5. The molecule has 33 heavy (non-hydrogen) atoms. The molecule has 0 aliphatic carbocycles. The second-order valence-electron chi connectivity index (χ2n) is 8.01. The van der Waals surface area contributed by atoms with Crippen LogP contribution >= 0.6 is 0 Å². The van der Waals surface area contributed by atoms with Crippen LogP contribution < -0.4 is 16.0 Å². The first kappa shape index (κ1) is 30.8. The Labute approximate surface area is 197 Å². The van der Waals surface area contributed by atoms with Crippen LogP contribution in [0.1, 0.15) is 47.5 Å². The van der Waals surface area contributed by atoms with Crippen molar-refractivity contribution >= 4 is 17.7 Å². The number of carbonyl (C=O) groups is 3. The Kier molecular flexibility index (Phi) is 18.0. The van der Waals surface area contributed by atoms with Crippen LogP contribution in [-0.2, 0) is 33.3 Å². The Hall–Kier alpha value is -2.19. The topological polar surface area (TPSA) is 124 Å². The van der Waals surface area contributed by atoms with E-state index in [0.717, 1.165) is 0 Å². The Morgan fingerprint density at radius 1 is 0.818 bits per heavy atom. The minimum Gasteiger partial charge on any atom is -0.379 e. The molecule has 0 atom stereocenters. The van der Waals surface area contributed by atoms with E-state index in [9.17, 15) is 14.4 Å². The van der Waals surface area contributed by atoms with Gasteiger partial charge < -0.3 is 34.9 Å². The average molecular weight is 472 g/mol. The summed E-state index contributed by atoms with van der Waals surface area (Å²) in [6, 6.07) is 0.128. The molecule has 0 saturated heterocycles. The summed E-state index contributed by atoms with van der Waals surface area (Å²) in [6.07, 6.45) is 0.973. The molecule has 0 aromatic heterocycles. The average Bonchev–Trinajstić information content (AvgIpc) is 2.72. The molecule has 0 aromatic rings. The third-order valence-electron chi connectivity index (χ3n) is 4.04. The van der Waals surface area contributed by atoms with Gasteiger partial charge in [-0.2, -0.15) is 0 Å². The van der Waals surface area contributed by atoms with E-state index in [-0.39, 0.29) is 24.1 Å². The number of carbonyl (C=O) groups excluding carboxylic acids is 3. The third kappa shape index (κ3) is 21.4. The first-order chi connectivity index (χ1) is 15.7. The van der Waals surface area contributed by atoms with Gasteiger partial charge in [0.25, 0.3) is 11.8 Å². The Bertz CT molecular complexity index is 627. The maximum absolute atomic E-state index is 11.6. The van der Waals surface area contributed by atoms with Crippen LogP contribution in [0.5, 0.6) is 0 Å².